The molecule has 0 spiro atoms. The summed E-state index contributed by atoms with van der Waals surface area (Å²) in [6, 6.07) is 30.1. The molecule has 0 bridgehead atoms. The van der Waals surface area contributed by atoms with Crippen molar-refractivity contribution in [3.05, 3.63) is 132 Å². The van der Waals surface area contributed by atoms with Crippen molar-refractivity contribution in [3.8, 4) is 23.0 Å². The highest BCUT2D eigenvalue weighted by Crippen LogP contribution is 2.39. The average Bonchev–Trinajstić information content (AvgIpc) is 3.63. The van der Waals surface area contributed by atoms with Gasteiger partial charge in [0.05, 0.1) is 11.4 Å². The fourth-order valence-electron chi connectivity index (χ4n) is 6.20. The lowest BCUT2D eigenvalue weighted by atomic mass is 9.77. The van der Waals surface area contributed by atoms with Crippen molar-refractivity contribution >= 4 is 35.0 Å². The number of rotatable bonds is 13. The van der Waals surface area contributed by atoms with E-state index in [0.717, 1.165) is 35.5 Å². The van der Waals surface area contributed by atoms with E-state index in [1.165, 1.54) is 35.4 Å². The number of unbranched alkanes of at least 4 members (excludes halogenated alkanes) is 1. The molecule has 2 aliphatic rings. The van der Waals surface area contributed by atoms with E-state index in [9.17, 15) is 19.2 Å². The second-order valence-corrected chi connectivity index (χ2v) is 11.8. The smallest absolute Gasteiger partial charge is 0.258 e. The van der Waals surface area contributed by atoms with Crippen LogP contribution in [0, 0.1) is 5.92 Å². The van der Waals surface area contributed by atoms with Crippen LogP contribution in [0.2, 0.25) is 0 Å². The van der Waals surface area contributed by atoms with Gasteiger partial charge in [-0.3, -0.25) is 19.2 Å². The molecule has 8 nitrogen and oxygen atoms in total. The molecular formula is C40H36N2O6. The number of hydrogen-bond acceptors (Lipinski definition) is 6. The Hall–Kier alpha value is -5.76. The Morgan fingerprint density at radius 3 is 1.15 bits per heavy atom. The van der Waals surface area contributed by atoms with Crippen molar-refractivity contribution in [2.24, 2.45) is 5.92 Å². The predicted octanol–water partition coefficient (Wildman–Crippen LogP) is 8.48. The number of nitrogens with zero attached hydrogens (tertiary/aromatic N) is 2. The molecule has 8 heteroatoms. The maximum Gasteiger partial charge on any atom is 0.258 e. The molecule has 0 N–H and O–H groups in total. The van der Waals surface area contributed by atoms with E-state index in [2.05, 4.69) is 38.1 Å². The Morgan fingerprint density at radius 2 is 0.833 bits per heavy atom. The fraction of sp³-hybridized carbons (Fsp3) is 0.200. The van der Waals surface area contributed by atoms with Crippen LogP contribution in [-0.4, -0.2) is 23.6 Å². The molecule has 0 radical (unpaired) electrons. The number of amides is 4. The zero-order chi connectivity index (χ0) is 33.6. The maximum absolute atomic E-state index is 12.0. The van der Waals surface area contributed by atoms with E-state index in [1.807, 2.05) is 24.3 Å². The summed E-state index contributed by atoms with van der Waals surface area (Å²) in [6.07, 6.45) is 9.49. The Kier molecular flexibility index (Phi) is 9.62. The van der Waals surface area contributed by atoms with Gasteiger partial charge in [-0.2, -0.15) is 0 Å². The molecule has 0 aromatic heterocycles. The minimum absolute atomic E-state index is 0.177. The second kappa shape index (κ2) is 14.3. The molecule has 4 amide bonds. The van der Waals surface area contributed by atoms with E-state index < -0.39 is 0 Å². The lowest BCUT2D eigenvalue weighted by molar-refractivity contribution is -0.121. The van der Waals surface area contributed by atoms with Crippen molar-refractivity contribution in [3.63, 3.8) is 0 Å². The molecule has 0 saturated carbocycles. The van der Waals surface area contributed by atoms with Gasteiger partial charge in [-0.15, -0.1) is 0 Å². The molecule has 4 aromatic carbocycles. The lowest BCUT2D eigenvalue weighted by Gasteiger charge is -2.28. The first-order valence-corrected chi connectivity index (χ1v) is 16.2. The van der Waals surface area contributed by atoms with Crippen molar-refractivity contribution < 1.29 is 28.7 Å². The normalized spacial score (nSPS) is 14.8. The largest absolute Gasteiger partial charge is 0.457 e. The quantitative estimate of drug-likeness (QED) is 0.136. The van der Waals surface area contributed by atoms with Gasteiger partial charge >= 0.3 is 0 Å². The van der Waals surface area contributed by atoms with E-state index in [1.54, 1.807) is 48.5 Å². The number of carbonyl (C=O) groups excluding carboxylic acids is 4. The Bertz CT molecular complexity index is 1690. The molecule has 0 saturated heterocycles. The van der Waals surface area contributed by atoms with Gasteiger partial charge in [0.25, 0.3) is 23.6 Å². The zero-order valence-corrected chi connectivity index (χ0v) is 26.9. The summed E-state index contributed by atoms with van der Waals surface area (Å²) >= 11 is 0. The van der Waals surface area contributed by atoms with Crippen LogP contribution < -0.4 is 19.3 Å². The number of ether oxygens (including phenoxy) is 2. The molecular weight excluding hydrogens is 604 g/mol. The highest BCUT2D eigenvalue weighted by atomic mass is 16.5. The summed E-state index contributed by atoms with van der Waals surface area (Å²) in [5.74, 6) is 1.77. The van der Waals surface area contributed by atoms with Crippen LogP contribution in [0.15, 0.2) is 121 Å². The van der Waals surface area contributed by atoms with Crippen LogP contribution in [0.25, 0.3) is 0 Å². The first-order chi connectivity index (χ1) is 23.3. The average molecular weight is 641 g/mol. The topological polar surface area (TPSA) is 93.2 Å². The molecule has 1 unspecified atom stereocenters. The van der Waals surface area contributed by atoms with Crippen molar-refractivity contribution in [2.75, 3.05) is 9.80 Å². The third-order valence-corrected chi connectivity index (χ3v) is 8.68. The van der Waals surface area contributed by atoms with Crippen LogP contribution in [0.5, 0.6) is 23.0 Å². The SMILES string of the molecule is CCCCC(CC)C(c1ccc(Oc2ccc(N3C(=O)C=CC3=O)cc2)cc1)c1ccc(Oc2ccc(N3C(=O)C=CC3=O)cc2)cc1. The first kappa shape index (κ1) is 32.2. The maximum atomic E-state index is 12.0. The van der Waals surface area contributed by atoms with Crippen LogP contribution in [0.1, 0.15) is 56.6 Å². The number of benzene rings is 4. The summed E-state index contributed by atoms with van der Waals surface area (Å²) < 4.78 is 12.2. The van der Waals surface area contributed by atoms with Crippen LogP contribution >= 0.6 is 0 Å². The molecule has 6 rings (SSSR count). The van der Waals surface area contributed by atoms with Gasteiger partial charge < -0.3 is 9.47 Å². The van der Waals surface area contributed by atoms with Crippen molar-refractivity contribution in [1.29, 1.82) is 0 Å². The second-order valence-electron chi connectivity index (χ2n) is 11.8. The van der Waals surface area contributed by atoms with Gasteiger partial charge in [-0.25, -0.2) is 9.80 Å². The summed E-state index contributed by atoms with van der Waals surface area (Å²) in [6.45, 7) is 4.46. The molecule has 4 aromatic rings. The molecule has 48 heavy (non-hydrogen) atoms. The van der Waals surface area contributed by atoms with Crippen molar-refractivity contribution in [1.82, 2.24) is 0 Å². The molecule has 1 atom stereocenters. The van der Waals surface area contributed by atoms with Gasteiger partial charge in [-0.05, 0) is 96.3 Å². The highest BCUT2D eigenvalue weighted by Gasteiger charge is 2.27. The van der Waals surface area contributed by atoms with E-state index in [-0.39, 0.29) is 29.5 Å². The van der Waals surface area contributed by atoms with Crippen molar-refractivity contribution in [2.45, 2.75) is 45.4 Å². The summed E-state index contributed by atoms with van der Waals surface area (Å²) in [5.41, 5.74) is 3.39. The summed E-state index contributed by atoms with van der Waals surface area (Å²) in [7, 11) is 0. The van der Waals surface area contributed by atoms with E-state index in [4.69, 9.17) is 9.47 Å². The number of imide groups is 2. The first-order valence-electron chi connectivity index (χ1n) is 16.2. The molecule has 0 aliphatic carbocycles. The van der Waals surface area contributed by atoms with Gasteiger partial charge in [0.1, 0.15) is 23.0 Å². The van der Waals surface area contributed by atoms with Gasteiger partial charge in [-0.1, -0.05) is 57.4 Å². The Morgan fingerprint density at radius 1 is 0.500 bits per heavy atom. The summed E-state index contributed by atoms with van der Waals surface area (Å²) in [4.78, 5) is 50.2. The molecule has 2 heterocycles. The van der Waals surface area contributed by atoms with E-state index >= 15 is 0 Å². The Labute approximate surface area is 279 Å². The molecule has 242 valence electrons. The fourth-order valence-corrected chi connectivity index (χ4v) is 6.20. The third-order valence-electron chi connectivity index (χ3n) is 8.68. The predicted molar refractivity (Wildman–Crippen MR) is 184 cm³/mol. The number of hydrogen-bond donors (Lipinski definition) is 0. The van der Waals surface area contributed by atoms with Gasteiger partial charge in [0.15, 0.2) is 0 Å². The monoisotopic (exact) mass is 640 g/mol. The van der Waals surface area contributed by atoms with Crippen LogP contribution in [0.3, 0.4) is 0 Å². The zero-order valence-electron chi connectivity index (χ0n) is 26.9. The Balaban J connectivity index is 1.16. The van der Waals surface area contributed by atoms with Crippen LogP contribution in [0.4, 0.5) is 11.4 Å². The van der Waals surface area contributed by atoms with E-state index in [0.29, 0.717) is 40.3 Å². The lowest BCUT2D eigenvalue weighted by Crippen LogP contribution is -2.29. The molecule has 2 aliphatic heterocycles. The van der Waals surface area contributed by atoms with Gasteiger partial charge in [0, 0.05) is 30.2 Å². The minimum atomic E-state index is -0.356. The van der Waals surface area contributed by atoms with Crippen LogP contribution in [-0.2, 0) is 19.2 Å². The third kappa shape index (κ3) is 6.98. The highest BCUT2D eigenvalue weighted by molar-refractivity contribution is 6.28. The summed E-state index contributed by atoms with van der Waals surface area (Å²) in [5, 5.41) is 0. The molecule has 0 fully saturated rings. The number of anilines is 2. The minimum Gasteiger partial charge on any atom is -0.457 e. The van der Waals surface area contributed by atoms with Gasteiger partial charge in [0.2, 0.25) is 0 Å². The standard InChI is InChI=1S/C40H36N2O6/c1-3-5-6-27(4-2)40(28-7-15-32(16-8-28)47-34-19-11-30(12-20-34)41-36(43)23-24-37(41)44)29-9-17-33(18-10-29)48-35-21-13-31(14-22-35)42-38(45)25-26-39(42)46/h7-27,40H,3-6H2,1-2H3. The number of carbonyl (C=O) groups is 4.